The molecule has 7 nitrogen and oxygen atoms in total. The van der Waals surface area contributed by atoms with Crippen LogP contribution < -0.4 is 10.1 Å². The minimum atomic E-state index is -3.31. The molecule has 0 saturated carbocycles. The number of rotatable bonds is 5. The molecule has 0 aliphatic carbocycles. The van der Waals surface area contributed by atoms with Crippen LogP contribution in [0.15, 0.2) is 41.6 Å². The van der Waals surface area contributed by atoms with Crippen LogP contribution in [0.3, 0.4) is 0 Å². The molecule has 0 saturated heterocycles. The summed E-state index contributed by atoms with van der Waals surface area (Å²) in [5.74, 6) is 0.588. The molecule has 0 bridgehead atoms. The van der Waals surface area contributed by atoms with Crippen molar-refractivity contribution < 1.29 is 13.2 Å². The lowest BCUT2D eigenvalue weighted by atomic mass is 10.3. The van der Waals surface area contributed by atoms with Crippen molar-refractivity contribution in [3.8, 4) is 5.75 Å². The fraction of sp³-hybridized carbons (Fsp3) is 0.222. The average Bonchev–Trinajstić information content (AvgIpc) is 3.24. The van der Waals surface area contributed by atoms with Gasteiger partial charge in [0.1, 0.15) is 16.8 Å². The number of hydrogen-bond donors (Lipinski definition) is 1. The fourth-order valence-corrected chi connectivity index (χ4v) is 4.69. The van der Waals surface area contributed by atoms with E-state index < -0.39 is 9.84 Å². The number of fused-ring (bicyclic) bond motifs is 3. The van der Waals surface area contributed by atoms with E-state index in [-0.39, 0.29) is 10.6 Å². The summed E-state index contributed by atoms with van der Waals surface area (Å²) < 4.78 is 32.7. The molecular weight excluding hydrogens is 384 g/mol. The number of sulfone groups is 1. The predicted octanol–water partition coefficient (Wildman–Crippen LogP) is 3.73. The maximum atomic E-state index is 12.2. The zero-order valence-corrected chi connectivity index (χ0v) is 16.7. The highest BCUT2D eigenvalue weighted by atomic mass is 32.2. The van der Waals surface area contributed by atoms with Crippen LogP contribution >= 0.6 is 11.3 Å². The molecule has 2 heterocycles. The van der Waals surface area contributed by atoms with Gasteiger partial charge in [-0.05, 0) is 30.3 Å². The van der Waals surface area contributed by atoms with E-state index in [0.29, 0.717) is 16.6 Å². The zero-order chi connectivity index (χ0) is 19.2. The van der Waals surface area contributed by atoms with E-state index >= 15 is 0 Å². The first-order valence-corrected chi connectivity index (χ1v) is 10.8. The Morgan fingerprint density at radius 1 is 1.22 bits per heavy atom. The van der Waals surface area contributed by atoms with Crippen molar-refractivity contribution in [2.75, 3.05) is 18.2 Å². The highest BCUT2D eigenvalue weighted by Gasteiger charge is 2.16. The molecular formula is C18H18N4O3S2. The quantitative estimate of drug-likeness (QED) is 0.547. The monoisotopic (exact) mass is 402 g/mol. The van der Waals surface area contributed by atoms with E-state index in [9.17, 15) is 8.42 Å². The first-order valence-electron chi connectivity index (χ1n) is 8.31. The number of ether oxygens (including phenoxy) is 1. The Labute approximate surface area is 160 Å². The van der Waals surface area contributed by atoms with E-state index in [0.717, 1.165) is 21.3 Å². The van der Waals surface area contributed by atoms with Gasteiger partial charge in [0.05, 0.1) is 40.0 Å². The SMILES string of the molecule is CCS(=O)(=O)c1ccc(OC)c(Nc2nc3c(ccc4c3ncn4C)s2)c1. The summed E-state index contributed by atoms with van der Waals surface area (Å²) in [7, 11) is 0.174. The van der Waals surface area contributed by atoms with Crippen LogP contribution in [-0.2, 0) is 16.9 Å². The van der Waals surface area contributed by atoms with Gasteiger partial charge in [-0.1, -0.05) is 18.3 Å². The Morgan fingerprint density at radius 2 is 2.04 bits per heavy atom. The Balaban J connectivity index is 1.79. The van der Waals surface area contributed by atoms with Crippen LogP contribution in [-0.4, -0.2) is 35.8 Å². The van der Waals surface area contributed by atoms with Crippen molar-refractivity contribution >= 4 is 53.2 Å². The van der Waals surface area contributed by atoms with E-state index in [1.54, 1.807) is 38.6 Å². The standard InChI is InChI=1S/C18H18N4O3S2/c1-4-27(23,24)11-5-7-14(25-3)12(9-11)20-18-21-17-15(26-18)8-6-13-16(17)19-10-22(13)2/h5-10H,4H2,1-3H3,(H,20,21). The second kappa shape index (κ2) is 6.50. The molecule has 1 N–H and O–H groups in total. The molecule has 140 valence electrons. The third-order valence-electron chi connectivity index (χ3n) is 4.40. The number of nitrogens with zero attached hydrogens (tertiary/aromatic N) is 3. The Kier molecular flexibility index (Phi) is 4.27. The smallest absolute Gasteiger partial charge is 0.188 e. The van der Waals surface area contributed by atoms with Gasteiger partial charge in [0, 0.05) is 7.05 Å². The van der Waals surface area contributed by atoms with Gasteiger partial charge < -0.3 is 14.6 Å². The molecule has 0 amide bonds. The molecule has 4 rings (SSSR count). The van der Waals surface area contributed by atoms with Crippen LogP contribution in [0.25, 0.3) is 21.3 Å². The summed E-state index contributed by atoms with van der Waals surface area (Å²) in [5, 5.41) is 3.85. The summed E-state index contributed by atoms with van der Waals surface area (Å²) in [4.78, 5) is 9.35. The number of aryl methyl sites for hydroxylation is 1. The molecule has 27 heavy (non-hydrogen) atoms. The second-order valence-electron chi connectivity index (χ2n) is 6.05. The van der Waals surface area contributed by atoms with Crippen molar-refractivity contribution in [3.63, 3.8) is 0 Å². The van der Waals surface area contributed by atoms with Crippen molar-refractivity contribution in [1.82, 2.24) is 14.5 Å². The van der Waals surface area contributed by atoms with E-state index in [4.69, 9.17) is 4.74 Å². The first-order chi connectivity index (χ1) is 12.9. The Bertz CT molecular complexity index is 1260. The van der Waals surface area contributed by atoms with E-state index in [2.05, 4.69) is 15.3 Å². The summed E-state index contributed by atoms with van der Waals surface area (Å²) in [6.45, 7) is 1.62. The average molecular weight is 403 g/mol. The van der Waals surface area contributed by atoms with Crippen LogP contribution in [0, 0.1) is 0 Å². The molecule has 0 aliphatic rings. The molecule has 0 fully saturated rings. The van der Waals surface area contributed by atoms with E-state index in [1.165, 1.54) is 11.3 Å². The van der Waals surface area contributed by atoms with E-state index in [1.807, 2.05) is 23.7 Å². The number of imidazole rings is 1. The van der Waals surface area contributed by atoms with Gasteiger partial charge in [-0.3, -0.25) is 0 Å². The summed E-state index contributed by atoms with van der Waals surface area (Å²) in [6, 6.07) is 8.81. The Morgan fingerprint density at radius 3 is 2.78 bits per heavy atom. The predicted molar refractivity (Wildman–Crippen MR) is 108 cm³/mol. The number of hydrogen-bond acceptors (Lipinski definition) is 7. The van der Waals surface area contributed by atoms with Gasteiger partial charge in [0.2, 0.25) is 0 Å². The molecule has 0 unspecified atom stereocenters. The van der Waals surface area contributed by atoms with Gasteiger partial charge >= 0.3 is 0 Å². The lowest BCUT2D eigenvalue weighted by Crippen LogP contribution is -2.05. The maximum absolute atomic E-state index is 12.2. The number of anilines is 2. The van der Waals surface area contributed by atoms with Crippen LogP contribution in [0.5, 0.6) is 5.75 Å². The summed E-state index contributed by atoms with van der Waals surface area (Å²) in [6.07, 6.45) is 1.76. The minimum absolute atomic E-state index is 0.0393. The number of thiazole rings is 1. The van der Waals surface area contributed by atoms with Crippen molar-refractivity contribution in [2.24, 2.45) is 7.05 Å². The molecule has 2 aromatic carbocycles. The lowest BCUT2D eigenvalue weighted by Gasteiger charge is -2.11. The van der Waals surface area contributed by atoms with Crippen molar-refractivity contribution in [1.29, 1.82) is 0 Å². The van der Waals surface area contributed by atoms with Gasteiger partial charge in [0.25, 0.3) is 0 Å². The largest absolute Gasteiger partial charge is 0.495 e. The molecule has 0 aliphatic heterocycles. The number of benzene rings is 2. The summed E-state index contributed by atoms with van der Waals surface area (Å²) in [5.41, 5.74) is 3.22. The molecule has 0 radical (unpaired) electrons. The topological polar surface area (TPSA) is 86.1 Å². The highest BCUT2D eigenvalue weighted by molar-refractivity contribution is 7.91. The molecule has 0 atom stereocenters. The molecule has 9 heteroatoms. The number of nitrogens with one attached hydrogen (secondary N) is 1. The third-order valence-corrected chi connectivity index (χ3v) is 7.07. The maximum Gasteiger partial charge on any atom is 0.188 e. The van der Waals surface area contributed by atoms with Gasteiger partial charge in [-0.25, -0.2) is 18.4 Å². The van der Waals surface area contributed by atoms with Crippen LogP contribution in [0.1, 0.15) is 6.92 Å². The number of methoxy groups -OCH3 is 1. The molecule has 4 aromatic rings. The van der Waals surface area contributed by atoms with Crippen LogP contribution in [0.2, 0.25) is 0 Å². The second-order valence-corrected chi connectivity index (χ2v) is 9.35. The first kappa shape index (κ1) is 17.7. The fourth-order valence-electron chi connectivity index (χ4n) is 2.90. The van der Waals surface area contributed by atoms with Gasteiger partial charge in [-0.15, -0.1) is 0 Å². The Hall–Kier alpha value is -2.65. The van der Waals surface area contributed by atoms with Gasteiger partial charge in [0.15, 0.2) is 15.0 Å². The lowest BCUT2D eigenvalue weighted by molar-refractivity contribution is 0.416. The van der Waals surface area contributed by atoms with Gasteiger partial charge in [-0.2, -0.15) is 0 Å². The molecule has 2 aromatic heterocycles. The highest BCUT2D eigenvalue weighted by Crippen LogP contribution is 2.35. The molecule has 0 spiro atoms. The number of aromatic nitrogens is 3. The minimum Gasteiger partial charge on any atom is -0.495 e. The third kappa shape index (κ3) is 3.02. The van der Waals surface area contributed by atoms with Crippen LogP contribution in [0.4, 0.5) is 10.8 Å². The van der Waals surface area contributed by atoms with Crippen molar-refractivity contribution in [3.05, 3.63) is 36.7 Å². The zero-order valence-electron chi connectivity index (χ0n) is 15.1. The normalized spacial score (nSPS) is 12.0. The van der Waals surface area contributed by atoms with Crippen molar-refractivity contribution in [2.45, 2.75) is 11.8 Å². The summed E-state index contributed by atoms with van der Waals surface area (Å²) >= 11 is 1.48.